The Balaban J connectivity index is 1.85. The molecule has 3 N–H and O–H groups in total. The Kier molecular flexibility index (Phi) is 8.63. The fourth-order valence-electron chi connectivity index (χ4n) is 3.72. The largest absolute Gasteiger partial charge is 0.456 e. The molecular weight excluding hydrogens is 482 g/mol. The minimum atomic E-state index is -0.840. The summed E-state index contributed by atoms with van der Waals surface area (Å²) >= 11 is 0. The van der Waals surface area contributed by atoms with Crippen molar-refractivity contribution in [3.8, 4) is 0 Å². The summed E-state index contributed by atoms with van der Waals surface area (Å²) in [5, 5.41) is 12.4. The van der Waals surface area contributed by atoms with E-state index >= 15 is 0 Å². The average molecular weight is 510 g/mol. The number of aromatic amines is 1. The molecule has 184 valence electrons. The number of carbonyl (C=O) groups is 2. The first kappa shape index (κ1) is 26.1. The smallest absolute Gasteiger partial charge is 0.338 e. The van der Waals surface area contributed by atoms with Gasteiger partial charge >= 0.3 is 11.7 Å². The van der Waals surface area contributed by atoms with Gasteiger partial charge in [0.15, 0.2) is 0 Å². The van der Waals surface area contributed by atoms with Gasteiger partial charge < -0.3 is 19.9 Å². The summed E-state index contributed by atoms with van der Waals surface area (Å²) in [6.45, 7) is 4.49. The second kappa shape index (κ2) is 11.3. The number of hydrogen-bond acceptors (Lipinski definition) is 9. The predicted molar refractivity (Wildman–Crippen MR) is 131 cm³/mol. The zero-order valence-corrected chi connectivity index (χ0v) is 20.8. The van der Waals surface area contributed by atoms with Gasteiger partial charge in [0.2, 0.25) is 5.91 Å². The number of benzene rings is 1. The highest BCUT2D eigenvalue weighted by molar-refractivity contribution is 8.76. The number of aromatic nitrogens is 2. The highest BCUT2D eigenvalue weighted by atomic mass is 33.1. The van der Waals surface area contributed by atoms with E-state index in [1.807, 2.05) is 13.2 Å². The van der Waals surface area contributed by atoms with E-state index in [1.165, 1.54) is 17.7 Å². The summed E-state index contributed by atoms with van der Waals surface area (Å²) in [5.74, 6) is -0.824. The maximum atomic E-state index is 13.2. The number of aryl methyl sites for hydroxylation is 1. The van der Waals surface area contributed by atoms with Crippen molar-refractivity contribution in [2.75, 3.05) is 18.2 Å². The molecule has 0 bridgehead atoms. The molecule has 0 saturated carbocycles. The molecule has 12 heteroatoms. The van der Waals surface area contributed by atoms with Gasteiger partial charge in [-0.25, -0.2) is 9.59 Å². The van der Waals surface area contributed by atoms with Crippen LogP contribution < -0.4 is 16.6 Å². The maximum Gasteiger partial charge on any atom is 0.338 e. The molecule has 1 fully saturated rings. The summed E-state index contributed by atoms with van der Waals surface area (Å²) in [5.41, 5.74) is 0.780. The van der Waals surface area contributed by atoms with Crippen molar-refractivity contribution in [1.29, 1.82) is 0 Å². The van der Waals surface area contributed by atoms with Crippen molar-refractivity contribution in [3.05, 3.63) is 61.9 Å². The van der Waals surface area contributed by atoms with Gasteiger partial charge in [-0.3, -0.25) is 19.1 Å². The molecule has 3 rings (SSSR count). The van der Waals surface area contributed by atoms with Gasteiger partial charge in [-0.05, 0) is 43.9 Å². The molecule has 1 aromatic carbocycles. The lowest BCUT2D eigenvalue weighted by Crippen LogP contribution is -2.33. The second-order valence-corrected chi connectivity index (χ2v) is 10.7. The third kappa shape index (κ3) is 5.93. The lowest BCUT2D eigenvalue weighted by molar-refractivity contribution is -0.114. The Bertz CT molecular complexity index is 1180. The van der Waals surface area contributed by atoms with E-state index in [4.69, 9.17) is 9.47 Å². The zero-order valence-electron chi connectivity index (χ0n) is 19.2. The predicted octanol–water partition coefficient (Wildman–Crippen LogP) is 2.38. The molecule has 1 aromatic heterocycles. The SMILES string of the molecule is CSSC(C)c1cc(NC(C)=O)ccc1C(=O)O[C@@H]1C[C@H](n2cc(C)c(=O)[nH]c2=O)O[C@@H]1CO. The number of carbonyl (C=O) groups excluding carboxylic acids is 2. The van der Waals surface area contributed by atoms with E-state index in [9.17, 15) is 24.3 Å². The average Bonchev–Trinajstić information content (AvgIpc) is 3.18. The van der Waals surface area contributed by atoms with E-state index in [0.29, 0.717) is 22.4 Å². The number of aliphatic hydroxyl groups is 1. The van der Waals surface area contributed by atoms with Crippen molar-refractivity contribution in [2.24, 2.45) is 0 Å². The Morgan fingerprint density at radius 2 is 2.12 bits per heavy atom. The van der Waals surface area contributed by atoms with Crippen LogP contribution in [0.5, 0.6) is 0 Å². The number of esters is 1. The van der Waals surface area contributed by atoms with Gasteiger partial charge in [-0.15, -0.1) is 0 Å². The molecule has 2 aromatic rings. The Morgan fingerprint density at radius 3 is 2.76 bits per heavy atom. The van der Waals surface area contributed by atoms with E-state index in [-0.39, 0.29) is 17.6 Å². The van der Waals surface area contributed by atoms with Crippen LogP contribution in [0.1, 0.15) is 53.2 Å². The number of rotatable bonds is 8. The minimum Gasteiger partial charge on any atom is -0.456 e. The van der Waals surface area contributed by atoms with Gasteiger partial charge in [-0.2, -0.15) is 0 Å². The molecule has 1 amide bonds. The van der Waals surface area contributed by atoms with Crippen LogP contribution >= 0.6 is 21.6 Å². The van der Waals surface area contributed by atoms with Gasteiger partial charge in [0.25, 0.3) is 5.56 Å². The van der Waals surface area contributed by atoms with Crippen LogP contribution in [0.25, 0.3) is 0 Å². The number of anilines is 1. The number of nitrogens with one attached hydrogen (secondary N) is 2. The van der Waals surface area contributed by atoms with Crippen molar-refractivity contribution < 1.29 is 24.2 Å². The number of amides is 1. The normalized spacial score (nSPS) is 20.7. The quantitative estimate of drug-likeness (QED) is 0.361. The molecule has 1 aliphatic rings. The summed E-state index contributed by atoms with van der Waals surface area (Å²) in [4.78, 5) is 50.7. The van der Waals surface area contributed by atoms with Crippen LogP contribution in [-0.2, 0) is 14.3 Å². The van der Waals surface area contributed by atoms with Crippen molar-refractivity contribution in [3.63, 3.8) is 0 Å². The standard InChI is InChI=1S/C22H27N3O7S2/c1-11-9-25(22(30)24-20(11)28)19-8-17(18(10-26)31-19)32-21(29)15-6-5-14(23-13(3)27)7-16(15)12(2)34-33-4/h5-7,9,12,17-19,26H,8,10H2,1-4H3,(H,23,27)(H,24,28,30)/t12?,17-,18-,19-/m1/s1. The molecule has 1 saturated heterocycles. The molecule has 1 unspecified atom stereocenters. The Hall–Kier alpha value is -2.54. The highest BCUT2D eigenvalue weighted by Gasteiger charge is 2.39. The fourth-order valence-corrected chi connectivity index (χ4v) is 5.49. The van der Waals surface area contributed by atoms with Crippen molar-refractivity contribution in [2.45, 2.75) is 50.9 Å². The summed E-state index contributed by atoms with van der Waals surface area (Å²) in [6.07, 6.45) is 0.965. The number of H-pyrrole nitrogens is 1. The first-order chi connectivity index (χ1) is 16.1. The molecule has 0 aliphatic carbocycles. The number of ether oxygens (including phenoxy) is 2. The van der Waals surface area contributed by atoms with Gasteiger partial charge in [0.05, 0.1) is 12.2 Å². The van der Waals surface area contributed by atoms with E-state index in [2.05, 4.69) is 10.3 Å². The van der Waals surface area contributed by atoms with E-state index < -0.39 is 42.3 Å². The molecular formula is C22H27N3O7S2. The van der Waals surface area contributed by atoms with Crippen LogP contribution in [-0.4, -0.2) is 51.6 Å². The monoisotopic (exact) mass is 509 g/mol. The Morgan fingerprint density at radius 1 is 1.38 bits per heavy atom. The summed E-state index contributed by atoms with van der Waals surface area (Å²) in [7, 11) is 3.11. The molecule has 2 heterocycles. The van der Waals surface area contributed by atoms with E-state index in [0.717, 1.165) is 0 Å². The first-order valence-electron chi connectivity index (χ1n) is 10.5. The lowest BCUT2D eigenvalue weighted by atomic mass is 10.0. The lowest BCUT2D eigenvalue weighted by Gasteiger charge is -2.20. The topological polar surface area (TPSA) is 140 Å². The zero-order chi connectivity index (χ0) is 25.0. The van der Waals surface area contributed by atoms with Crippen LogP contribution in [0.4, 0.5) is 5.69 Å². The van der Waals surface area contributed by atoms with Crippen LogP contribution in [0.3, 0.4) is 0 Å². The molecule has 0 radical (unpaired) electrons. The second-order valence-electron chi connectivity index (χ2n) is 7.86. The molecule has 34 heavy (non-hydrogen) atoms. The minimum absolute atomic E-state index is 0.0739. The van der Waals surface area contributed by atoms with Crippen molar-refractivity contribution >= 4 is 39.2 Å². The van der Waals surface area contributed by atoms with Crippen LogP contribution in [0.15, 0.2) is 34.0 Å². The summed E-state index contributed by atoms with van der Waals surface area (Å²) in [6, 6.07) is 4.96. The number of nitrogens with zero attached hydrogens (tertiary/aromatic N) is 1. The van der Waals surface area contributed by atoms with Crippen molar-refractivity contribution in [1.82, 2.24) is 9.55 Å². The Labute approximate surface area is 203 Å². The maximum absolute atomic E-state index is 13.2. The van der Waals surface area contributed by atoms with Gasteiger partial charge in [0, 0.05) is 36.0 Å². The molecule has 0 spiro atoms. The highest BCUT2D eigenvalue weighted by Crippen LogP contribution is 2.39. The number of hydrogen-bond donors (Lipinski definition) is 3. The van der Waals surface area contributed by atoms with Crippen LogP contribution in [0, 0.1) is 6.92 Å². The molecule has 10 nitrogen and oxygen atoms in total. The fraction of sp³-hybridized carbons (Fsp3) is 0.455. The third-order valence-corrected chi connectivity index (χ3v) is 7.52. The first-order valence-corrected chi connectivity index (χ1v) is 13.2. The van der Waals surface area contributed by atoms with Gasteiger partial charge in [-0.1, -0.05) is 21.6 Å². The van der Waals surface area contributed by atoms with Gasteiger partial charge in [0.1, 0.15) is 18.4 Å². The third-order valence-electron chi connectivity index (χ3n) is 5.35. The number of aliphatic hydroxyl groups excluding tert-OH is 1. The molecule has 1 aliphatic heterocycles. The molecule has 4 atom stereocenters. The van der Waals surface area contributed by atoms with E-state index in [1.54, 1.807) is 46.7 Å². The summed E-state index contributed by atoms with van der Waals surface area (Å²) < 4.78 is 12.7. The van der Waals surface area contributed by atoms with Crippen LogP contribution in [0.2, 0.25) is 0 Å².